The molecule has 33 heavy (non-hydrogen) atoms. The van der Waals surface area contributed by atoms with Gasteiger partial charge < -0.3 is 4.57 Å². The van der Waals surface area contributed by atoms with Crippen molar-refractivity contribution in [1.29, 1.82) is 0 Å². The molecular weight excluding hydrogens is 430 g/mol. The van der Waals surface area contributed by atoms with Gasteiger partial charge in [0.15, 0.2) is 0 Å². The highest BCUT2D eigenvalue weighted by atomic mass is 32.2. The molecule has 4 aromatic rings. The summed E-state index contributed by atoms with van der Waals surface area (Å²) in [7, 11) is 1.78. The minimum absolute atomic E-state index is 0.332. The van der Waals surface area contributed by atoms with Crippen LogP contribution < -0.4 is 5.32 Å². The van der Waals surface area contributed by atoms with Crippen LogP contribution in [0.5, 0.6) is 0 Å². The maximum atomic E-state index is 12.0. The normalized spacial score (nSPS) is 15.1. The molecule has 0 atom stereocenters. The first-order valence-corrected chi connectivity index (χ1v) is 11.4. The standard InChI is InChI=1S/C27H21N3O2S/c1-28-15-20-6-2-3-7-22(20)19-12-10-18(11-13-19)16-30-17-21(23-8-4-5-9-24(23)30)14-25-26(31)29-27(32)33-25/h2-15,17H,16H2,1H3,(H,29,31,32)/b25-14-,28-15?. The fourth-order valence-corrected chi connectivity index (χ4v) is 4.75. The Bertz CT molecular complexity index is 1430. The van der Waals surface area contributed by atoms with Crippen LogP contribution in [0.3, 0.4) is 0 Å². The predicted octanol–water partition coefficient (Wildman–Crippen LogP) is 5.73. The van der Waals surface area contributed by atoms with Crippen LogP contribution in [0.15, 0.2) is 88.9 Å². The number of amides is 2. The van der Waals surface area contributed by atoms with Crippen molar-refractivity contribution >= 4 is 46.1 Å². The lowest BCUT2D eigenvalue weighted by Gasteiger charge is -2.09. The van der Waals surface area contributed by atoms with Crippen LogP contribution in [-0.4, -0.2) is 29.0 Å². The van der Waals surface area contributed by atoms with Crippen LogP contribution in [0.1, 0.15) is 16.7 Å². The number of hydrogen-bond donors (Lipinski definition) is 1. The van der Waals surface area contributed by atoms with Gasteiger partial charge in [0.05, 0.1) is 4.91 Å². The molecule has 1 aliphatic rings. The fraction of sp³-hybridized carbons (Fsp3) is 0.0741. The van der Waals surface area contributed by atoms with E-state index in [1.807, 2.05) is 42.7 Å². The van der Waals surface area contributed by atoms with Crippen LogP contribution >= 0.6 is 11.8 Å². The Kier molecular flexibility index (Phi) is 5.67. The van der Waals surface area contributed by atoms with Crippen molar-refractivity contribution in [3.8, 4) is 11.1 Å². The summed E-state index contributed by atoms with van der Waals surface area (Å²) in [6.45, 7) is 0.695. The zero-order chi connectivity index (χ0) is 22.8. The number of benzene rings is 3. The van der Waals surface area contributed by atoms with E-state index >= 15 is 0 Å². The Balaban J connectivity index is 1.46. The lowest BCUT2D eigenvalue weighted by atomic mass is 9.99. The summed E-state index contributed by atoms with van der Waals surface area (Å²) < 4.78 is 2.17. The number of hydrogen-bond acceptors (Lipinski definition) is 4. The zero-order valence-electron chi connectivity index (χ0n) is 18.0. The van der Waals surface area contributed by atoms with E-state index in [0.717, 1.165) is 44.9 Å². The van der Waals surface area contributed by atoms with Crippen LogP contribution in [-0.2, 0) is 11.3 Å². The molecule has 6 heteroatoms. The molecule has 0 radical (unpaired) electrons. The largest absolute Gasteiger partial charge is 0.342 e. The van der Waals surface area contributed by atoms with Gasteiger partial charge in [-0.1, -0.05) is 66.7 Å². The third-order valence-corrected chi connectivity index (χ3v) is 6.41. The second-order valence-electron chi connectivity index (χ2n) is 7.75. The molecule has 0 unspecified atom stereocenters. The van der Waals surface area contributed by atoms with E-state index in [9.17, 15) is 9.59 Å². The van der Waals surface area contributed by atoms with Crippen LogP contribution in [0.4, 0.5) is 4.79 Å². The van der Waals surface area contributed by atoms with Crippen molar-refractivity contribution in [2.45, 2.75) is 6.54 Å². The molecule has 5 rings (SSSR count). The highest BCUT2D eigenvalue weighted by Gasteiger charge is 2.25. The van der Waals surface area contributed by atoms with E-state index in [0.29, 0.717) is 11.4 Å². The molecule has 1 saturated heterocycles. The number of aliphatic imine (C=N–C) groups is 1. The number of aromatic nitrogens is 1. The van der Waals surface area contributed by atoms with Crippen molar-refractivity contribution in [2.75, 3.05) is 7.05 Å². The molecular formula is C27H21N3O2S. The third kappa shape index (κ3) is 4.25. The summed E-state index contributed by atoms with van der Waals surface area (Å²) in [4.78, 5) is 28.1. The van der Waals surface area contributed by atoms with Crippen molar-refractivity contribution in [3.63, 3.8) is 0 Å². The number of fused-ring (bicyclic) bond motifs is 1. The van der Waals surface area contributed by atoms with Gasteiger partial charge in [-0.2, -0.15) is 0 Å². The molecule has 2 heterocycles. The van der Waals surface area contributed by atoms with E-state index in [1.54, 1.807) is 13.1 Å². The molecule has 162 valence electrons. The van der Waals surface area contributed by atoms with Gasteiger partial charge in [0.2, 0.25) is 0 Å². The summed E-state index contributed by atoms with van der Waals surface area (Å²) >= 11 is 0.937. The number of para-hydroxylation sites is 1. The van der Waals surface area contributed by atoms with Crippen LogP contribution in [0.25, 0.3) is 28.1 Å². The average Bonchev–Trinajstić information content (AvgIpc) is 3.34. The van der Waals surface area contributed by atoms with Crippen molar-refractivity contribution in [2.24, 2.45) is 4.99 Å². The quantitative estimate of drug-likeness (QED) is 0.311. The van der Waals surface area contributed by atoms with Crippen molar-refractivity contribution in [1.82, 2.24) is 9.88 Å². The third-order valence-electron chi connectivity index (χ3n) is 5.59. The first-order chi connectivity index (χ1) is 16.1. The Morgan fingerprint density at radius 2 is 1.70 bits per heavy atom. The average molecular weight is 452 g/mol. The summed E-state index contributed by atoms with van der Waals surface area (Å²) in [6.07, 6.45) is 5.70. The molecule has 1 aliphatic heterocycles. The lowest BCUT2D eigenvalue weighted by molar-refractivity contribution is -0.115. The molecule has 2 amide bonds. The van der Waals surface area contributed by atoms with Gasteiger partial charge in [0, 0.05) is 48.0 Å². The zero-order valence-corrected chi connectivity index (χ0v) is 18.8. The summed E-state index contributed by atoms with van der Waals surface area (Å²) in [5, 5.41) is 3.03. The maximum Gasteiger partial charge on any atom is 0.290 e. The molecule has 1 fully saturated rings. The van der Waals surface area contributed by atoms with Crippen LogP contribution in [0.2, 0.25) is 0 Å². The summed E-state index contributed by atoms with van der Waals surface area (Å²) in [5.41, 5.74) is 6.55. The predicted molar refractivity (Wildman–Crippen MR) is 136 cm³/mol. The maximum absolute atomic E-state index is 12.0. The monoisotopic (exact) mass is 451 g/mol. The van der Waals surface area contributed by atoms with Gasteiger partial charge in [-0.25, -0.2) is 0 Å². The van der Waals surface area contributed by atoms with Gasteiger partial charge in [-0.15, -0.1) is 0 Å². The number of imide groups is 1. The highest BCUT2D eigenvalue weighted by Crippen LogP contribution is 2.30. The van der Waals surface area contributed by atoms with E-state index in [1.165, 1.54) is 5.56 Å². The second kappa shape index (κ2) is 8.92. The Labute approximate surface area is 195 Å². The smallest absolute Gasteiger partial charge is 0.290 e. The minimum atomic E-state index is -0.342. The molecule has 5 nitrogen and oxygen atoms in total. The number of nitrogens with zero attached hydrogens (tertiary/aromatic N) is 2. The summed E-state index contributed by atoms with van der Waals surface area (Å²) in [6, 6.07) is 24.9. The second-order valence-corrected chi connectivity index (χ2v) is 8.77. The van der Waals surface area contributed by atoms with E-state index < -0.39 is 0 Å². The van der Waals surface area contributed by atoms with Gasteiger partial charge in [0.25, 0.3) is 11.1 Å². The Morgan fingerprint density at radius 3 is 2.45 bits per heavy atom. The lowest BCUT2D eigenvalue weighted by Crippen LogP contribution is -2.17. The number of nitrogens with one attached hydrogen (secondary N) is 1. The number of rotatable bonds is 5. The summed E-state index contributed by atoms with van der Waals surface area (Å²) in [5.74, 6) is -0.342. The minimum Gasteiger partial charge on any atom is -0.342 e. The SMILES string of the molecule is CN=Cc1ccccc1-c1ccc(Cn2cc(/C=C3\SC(=O)NC3=O)c3ccccc32)cc1. The van der Waals surface area contributed by atoms with Crippen LogP contribution in [0, 0.1) is 0 Å². The van der Waals surface area contributed by atoms with E-state index in [-0.39, 0.29) is 11.1 Å². The first-order valence-electron chi connectivity index (χ1n) is 10.6. The molecule has 0 bridgehead atoms. The number of carbonyl (C=O) groups is 2. The van der Waals surface area contributed by atoms with E-state index in [4.69, 9.17) is 0 Å². The molecule has 0 spiro atoms. The first kappa shape index (κ1) is 21.0. The van der Waals surface area contributed by atoms with Crippen molar-refractivity contribution in [3.05, 3.63) is 101 Å². The molecule has 1 N–H and O–H groups in total. The number of thioether (sulfide) groups is 1. The molecule has 0 aliphatic carbocycles. The molecule has 1 aromatic heterocycles. The van der Waals surface area contributed by atoms with Crippen molar-refractivity contribution < 1.29 is 9.59 Å². The highest BCUT2D eigenvalue weighted by molar-refractivity contribution is 8.18. The van der Waals surface area contributed by atoms with Gasteiger partial charge in [0.1, 0.15) is 0 Å². The van der Waals surface area contributed by atoms with Gasteiger partial charge in [-0.05, 0) is 40.6 Å². The van der Waals surface area contributed by atoms with Gasteiger partial charge >= 0.3 is 0 Å². The van der Waals surface area contributed by atoms with Gasteiger partial charge in [-0.3, -0.25) is 19.9 Å². The van der Waals surface area contributed by atoms with E-state index in [2.05, 4.69) is 57.3 Å². The fourth-order valence-electron chi connectivity index (χ4n) is 4.08. The number of carbonyl (C=O) groups excluding carboxylic acids is 2. The topological polar surface area (TPSA) is 63.5 Å². The molecule has 0 saturated carbocycles. The Hall–Kier alpha value is -3.90. The Morgan fingerprint density at radius 1 is 0.939 bits per heavy atom. The molecule has 3 aromatic carbocycles.